The van der Waals surface area contributed by atoms with Gasteiger partial charge in [-0.05, 0) is 43.7 Å². The van der Waals surface area contributed by atoms with Gasteiger partial charge in [-0.1, -0.05) is 13.8 Å². The van der Waals surface area contributed by atoms with Crippen molar-refractivity contribution in [1.82, 2.24) is 19.7 Å². The predicted octanol–water partition coefficient (Wildman–Crippen LogP) is 2.51. The minimum absolute atomic E-state index is 0.0347. The number of nitrogens with zero attached hydrogens (tertiary/aromatic N) is 4. The van der Waals surface area contributed by atoms with Gasteiger partial charge in [-0.2, -0.15) is 0 Å². The fourth-order valence-corrected chi connectivity index (χ4v) is 5.28. The highest BCUT2D eigenvalue weighted by Crippen LogP contribution is 2.37. The molecule has 0 aliphatic carbocycles. The summed E-state index contributed by atoms with van der Waals surface area (Å²) in [5.41, 5.74) is 0.699. The lowest BCUT2D eigenvalue weighted by Gasteiger charge is -2.49. The van der Waals surface area contributed by atoms with Crippen molar-refractivity contribution >= 4 is 5.91 Å². The number of piperazine rings is 1. The van der Waals surface area contributed by atoms with Crippen LogP contribution in [0.15, 0.2) is 24.5 Å². The van der Waals surface area contributed by atoms with Gasteiger partial charge in [0.05, 0.1) is 5.60 Å². The molecule has 1 spiro atoms. The predicted molar refractivity (Wildman–Crippen MR) is 114 cm³/mol. The molecule has 1 aromatic heterocycles. The summed E-state index contributed by atoms with van der Waals surface area (Å²) >= 11 is 0. The van der Waals surface area contributed by atoms with Crippen LogP contribution in [0.2, 0.25) is 0 Å². The molecule has 0 aromatic carbocycles. The summed E-state index contributed by atoms with van der Waals surface area (Å²) in [6, 6.07) is 4.24. The second kappa shape index (κ2) is 9.11. The van der Waals surface area contributed by atoms with Crippen LogP contribution >= 0.6 is 0 Å². The minimum Gasteiger partial charge on any atom is -0.375 e. The highest BCUT2D eigenvalue weighted by atomic mass is 16.5. The van der Waals surface area contributed by atoms with E-state index in [1.807, 2.05) is 4.90 Å². The van der Waals surface area contributed by atoms with Crippen molar-refractivity contribution in [2.45, 2.75) is 51.2 Å². The summed E-state index contributed by atoms with van der Waals surface area (Å²) in [4.78, 5) is 24.0. The lowest BCUT2D eigenvalue weighted by atomic mass is 9.81. The number of hydrogen-bond acceptors (Lipinski definition) is 5. The molecule has 4 rings (SSSR count). The lowest BCUT2D eigenvalue weighted by molar-refractivity contribution is -0.132. The third-order valence-corrected chi connectivity index (χ3v) is 6.90. The molecular formula is C23H36N4O2. The SMILES string of the molecule is CC(C)CN1CCN(C2CCOC3(CCN(C(=O)c4ccncc4)CC3)C2)CC1. The van der Waals surface area contributed by atoms with Gasteiger partial charge in [0.25, 0.3) is 5.91 Å². The molecule has 3 saturated heterocycles. The Morgan fingerprint density at radius 2 is 1.83 bits per heavy atom. The first-order valence-electron chi connectivity index (χ1n) is 11.3. The van der Waals surface area contributed by atoms with Crippen molar-refractivity contribution in [3.63, 3.8) is 0 Å². The Morgan fingerprint density at radius 1 is 1.14 bits per heavy atom. The zero-order valence-electron chi connectivity index (χ0n) is 18.1. The zero-order chi connectivity index (χ0) is 20.3. The Bertz CT molecular complexity index is 665. The number of rotatable bonds is 4. The minimum atomic E-state index is -0.0347. The van der Waals surface area contributed by atoms with Crippen LogP contribution in [-0.2, 0) is 4.74 Å². The van der Waals surface area contributed by atoms with E-state index in [0.29, 0.717) is 6.04 Å². The normalized spacial score (nSPS) is 26.2. The number of likely N-dealkylation sites (tertiary alicyclic amines) is 1. The van der Waals surface area contributed by atoms with Crippen molar-refractivity contribution in [3.8, 4) is 0 Å². The zero-order valence-corrected chi connectivity index (χ0v) is 18.1. The Morgan fingerprint density at radius 3 is 2.48 bits per heavy atom. The van der Waals surface area contributed by atoms with E-state index in [1.165, 1.54) is 32.7 Å². The van der Waals surface area contributed by atoms with Crippen LogP contribution in [0.25, 0.3) is 0 Å². The van der Waals surface area contributed by atoms with Gasteiger partial charge in [0.15, 0.2) is 0 Å². The number of carbonyl (C=O) groups is 1. The summed E-state index contributed by atoms with van der Waals surface area (Å²) < 4.78 is 6.35. The first kappa shape index (κ1) is 20.8. The van der Waals surface area contributed by atoms with Crippen LogP contribution in [0, 0.1) is 5.92 Å². The maximum Gasteiger partial charge on any atom is 0.253 e. The molecule has 3 aliphatic rings. The highest BCUT2D eigenvalue weighted by Gasteiger charge is 2.43. The number of aromatic nitrogens is 1. The maximum absolute atomic E-state index is 12.7. The van der Waals surface area contributed by atoms with Crippen molar-refractivity contribution in [2.75, 3.05) is 52.4 Å². The van der Waals surface area contributed by atoms with Crippen LogP contribution in [0.1, 0.15) is 49.9 Å². The topological polar surface area (TPSA) is 48.9 Å². The highest BCUT2D eigenvalue weighted by molar-refractivity contribution is 5.94. The number of hydrogen-bond donors (Lipinski definition) is 0. The number of piperidine rings is 1. The molecule has 0 N–H and O–H groups in total. The number of carbonyl (C=O) groups excluding carboxylic acids is 1. The average molecular weight is 401 g/mol. The number of pyridine rings is 1. The van der Waals surface area contributed by atoms with E-state index in [4.69, 9.17) is 4.74 Å². The third-order valence-electron chi connectivity index (χ3n) is 6.90. The van der Waals surface area contributed by atoms with Gasteiger partial charge in [0, 0.05) is 76.4 Å². The molecule has 0 saturated carbocycles. The fraction of sp³-hybridized carbons (Fsp3) is 0.739. The first-order chi connectivity index (χ1) is 14.0. The first-order valence-corrected chi connectivity index (χ1v) is 11.3. The largest absolute Gasteiger partial charge is 0.375 e. The molecule has 3 fully saturated rings. The molecule has 1 atom stereocenters. The van der Waals surface area contributed by atoms with E-state index in [9.17, 15) is 4.79 Å². The fourth-order valence-electron chi connectivity index (χ4n) is 5.28. The van der Waals surface area contributed by atoms with Crippen molar-refractivity contribution in [3.05, 3.63) is 30.1 Å². The van der Waals surface area contributed by atoms with E-state index >= 15 is 0 Å². The number of ether oxygens (including phenoxy) is 1. The Labute approximate surface area is 175 Å². The summed E-state index contributed by atoms with van der Waals surface area (Å²) in [5.74, 6) is 0.865. The molecule has 1 aromatic rings. The monoisotopic (exact) mass is 400 g/mol. The molecule has 29 heavy (non-hydrogen) atoms. The van der Waals surface area contributed by atoms with Gasteiger partial charge in [-0.3, -0.25) is 14.7 Å². The van der Waals surface area contributed by atoms with E-state index in [1.54, 1.807) is 24.5 Å². The van der Waals surface area contributed by atoms with Gasteiger partial charge >= 0.3 is 0 Å². The smallest absolute Gasteiger partial charge is 0.253 e. The van der Waals surface area contributed by atoms with Crippen molar-refractivity contribution < 1.29 is 9.53 Å². The van der Waals surface area contributed by atoms with E-state index in [0.717, 1.165) is 56.9 Å². The van der Waals surface area contributed by atoms with Crippen LogP contribution < -0.4 is 0 Å². The molecule has 1 amide bonds. The van der Waals surface area contributed by atoms with Gasteiger partial charge in [0.1, 0.15) is 0 Å². The Hall–Kier alpha value is -1.50. The van der Waals surface area contributed by atoms with Crippen LogP contribution in [0.3, 0.4) is 0 Å². The van der Waals surface area contributed by atoms with Crippen LogP contribution in [0.4, 0.5) is 0 Å². The standard InChI is InChI=1S/C23H36N4O2/c1-19(2)18-25-12-14-26(15-13-25)21-5-16-29-23(17-21)6-10-27(11-7-23)22(28)20-3-8-24-9-4-20/h3-4,8-9,19,21H,5-7,10-18H2,1-2H3. The van der Waals surface area contributed by atoms with Crippen LogP contribution in [-0.4, -0.2) is 89.7 Å². The second-order valence-corrected chi connectivity index (χ2v) is 9.44. The summed E-state index contributed by atoms with van der Waals surface area (Å²) in [7, 11) is 0. The summed E-state index contributed by atoms with van der Waals surface area (Å²) in [6.07, 6.45) is 7.55. The molecule has 0 bridgehead atoms. The number of amides is 1. The molecule has 3 aliphatic heterocycles. The van der Waals surface area contributed by atoms with E-state index < -0.39 is 0 Å². The summed E-state index contributed by atoms with van der Waals surface area (Å²) in [6.45, 7) is 13.0. The van der Waals surface area contributed by atoms with Crippen molar-refractivity contribution in [2.24, 2.45) is 5.92 Å². The maximum atomic E-state index is 12.7. The third kappa shape index (κ3) is 4.98. The second-order valence-electron chi connectivity index (χ2n) is 9.44. The molecule has 0 radical (unpaired) electrons. The van der Waals surface area contributed by atoms with E-state index in [-0.39, 0.29) is 11.5 Å². The van der Waals surface area contributed by atoms with Gasteiger partial charge in [-0.15, -0.1) is 0 Å². The Kier molecular flexibility index (Phi) is 6.52. The molecule has 160 valence electrons. The Balaban J connectivity index is 1.29. The van der Waals surface area contributed by atoms with Crippen LogP contribution in [0.5, 0.6) is 0 Å². The molecular weight excluding hydrogens is 364 g/mol. The molecule has 1 unspecified atom stereocenters. The summed E-state index contributed by atoms with van der Waals surface area (Å²) in [5, 5.41) is 0. The van der Waals surface area contributed by atoms with Crippen molar-refractivity contribution in [1.29, 1.82) is 0 Å². The van der Waals surface area contributed by atoms with Gasteiger partial charge in [0.2, 0.25) is 0 Å². The molecule has 6 nitrogen and oxygen atoms in total. The quantitative estimate of drug-likeness (QED) is 0.777. The van der Waals surface area contributed by atoms with E-state index in [2.05, 4.69) is 28.6 Å². The van der Waals surface area contributed by atoms with Gasteiger partial charge < -0.3 is 14.5 Å². The average Bonchev–Trinajstić information content (AvgIpc) is 2.75. The lowest BCUT2D eigenvalue weighted by Crippen LogP contribution is -2.57. The molecule has 4 heterocycles. The molecule has 6 heteroatoms. The van der Waals surface area contributed by atoms with Gasteiger partial charge in [-0.25, -0.2) is 0 Å².